The summed E-state index contributed by atoms with van der Waals surface area (Å²) in [5.41, 5.74) is 9.96. The lowest BCUT2D eigenvalue weighted by Crippen LogP contribution is -2.46. The highest BCUT2D eigenvalue weighted by atomic mass is 32.2. The largest absolute Gasteiger partial charge is 0.367 e. The van der Waals surface area contributed by atoms with Crippen LogP contribution in [0.25, 0.3) is 0 Å². The van der Waals surface area contributed by atoms with Crippen LogP contribution in [-0.2, 0) is 28.3 Å². The Bertz CT molecular complexity index is 2170. The molecule has 2 aliphatic rings. The van der Waals surface area contributed by atoms with E-state index in [1.807, 2.05) is 29.7 Å². The van der Waals surface area contributed by atoms with Gasteiger partial charge in [0, 0.05) is 64.5 Å². The summed E-state index contributed by atoms with van der Waals surface area (Å²) in [7, 11) is 0. The van der Waals surface area contributed by atoms with Crippen molar-refractivity contribution in [1.29, 1.82) is 21.0 Å². The van der Waals surface area contributed by atoms with Gasteiger partial charge in [0.1, 0.15) is 52.2 Å². The second-order valence-corrected chi connectivity index (χ2v) is 15.3. The molecule has 0 spiro atoms. The van der Waals surface area contributed by atoms with Crippen LogP contribution >= 0.6 is 23.5 Å². The maximum Gasteiger partial charge on any atom is 0.249 e. The van der Waals surface area contributed by atoms with Gasteiger partial charge >= 0.3 is 0 Å². The third kappa shape index (κ3) is 7.43. The first kappa shape index (κ1) is 38.1. The highest BCUT2D eigenvalue weighted by molar-refractivity contribution is 8.18. The lowest BCUT2D eigenvalue weighted by atomic mass is 10.0. The van der Waals surface area contributed by atoms with Crippen molar-refractivity contribution in [2.24, 2.45) is 5.73 Å². The Morgan fingerprint density at radius 2 is 1.33 bits per heavy atom. The predicted molar refractivity (Wildman–Crippen MR) is 204 cm³/mol. The number of amides is 1. The summed E-state index contributed by atoms with van der Waals surface area (Å²) in [6, 6.07) is 18.1. The van der Waals surface area contributed by atoms with Gasteiger partial charge < -0.3 is 25.4 Å². The summed E-state index contributed by atoms with van der Waals surface area (Å²) in [6.07, 6.45) is 4.07. The molecule has 2 saturated heterocycles. The molecule has 2 fully saturated rings. The molecular weight excluding hydrogens is 721 g/mol. The average molecular weight is 759 g/mol. The number of hydrogen-bond acceptors (Lipinski definition) is 15. The third-order valence-electron chi connectivity index (χ3n) is 9.59. The van der Waals surface area contributed by atoms with E-state index in [4.69, 9.17) is 20.2 Å². The molecule has 0 aliphatic carbocycles. The van der Waals surface area contributed by atoms with Gasteiger partial charge in [0.2, 0.25) is 5.91 Å². The van der Waals surface area contributed by atoms with E-state index in [1.54, 1.807) is 36.7 Å². The summed E-state index contributed by atoms with van der Waals surface area (Å²) in [4.78, 5) is 30.4. The van der Waals surface area contributed by atoms with E-state index in [-0.39, 0.29) is 21.2 Å². The molecule has 4 aromatic rings. The molecule has 1 unspecified atom stereocenters. The fraction of sp³-hybridized carbons (Fsp3) is 0.368. The third-order valence-corrected chi connectivity index (χ3v) is 12.5. The minimum absolute atomic E-state index is 0.181. The normalized spacial score (nSPS) is 15.7. The number of nitrogens with zero attached hydrogens (tertiary/aromatic N) is 10. The Balaban J connectivity index is 1.49. The Morgan fingerprint density at radius 1 is 0.815 bits per heavy atom. The van der Waals surface area contributed by atoms with Crippen LogP contribution in [0.1, 0.15) is 58.4 Å². The van der Waals surface area contributed by atoms with E-state index >= 15 is 0 Å². The molecule has 54 heavy (non-hydrogen) atoms. The molecule has 0 bridgehead atoms. The van der Waals surface area contributed by atoms with E-state index in [2.05, 4.69) is 39.7 Å². The van der Waals surface area contributed by atoms with E-state index in [9.17, 15) is 25.8 Å². The average Bonchev–Trinajstić information content (AvgIpc) is 3.73. The van der Waals surface area contributed by atoms with E-state index in [1.165, 1.54) is 0 Å². The lowest BCUT2D eigenvalue weighted by Gasteiger charge is -2.36. The van der Waals surface area contributed by atoms with Gasteiger partial charge in [-0.25, -0.2) is 9.97 Å². The SMILES string of the molecule is CCc1c(C#N)c(SC(Sc2nc(N3CCN(Cc4cnoc4)CC3)c(C#N)c(CC)c2C#N)(C(N)=O)c2ccccc2)nc(N2CCNCC2)c1C#N. The maximum atomic E-state index is 14.1. The second kappa shape index (κ2) is 17.0. The van der Waals surface area contributed by atoms with Crippen LogP contribution in [0.3, 0.4) is 0 Å². The predicted octanol–water partition coefficient (Wildman–Crippen LogP) is 4.03. The number of carbonyl (C=O) groups is 1. The zero-order chi connectivity index (χ0) is 38.2. The summed E-state index contributed by atoms with van der Waals surface area (Å²) in [5, 5.41) is 49.6. The van der Waals surface area contributed by atoms with Crippen molar-refractivity contribution in [3.63, 3.8) is 0 Å². The summed E-state index contributed by atoms with van der Waals surface area (Å²) < 4.78 is 3.31. The molecule has 0 radical (unpaired) electrons. The summed E-state index contributed by atoms with van der Waals surface area (Å²) in [5.74, 6) is 0.125. The van der Waals surface area contributed by atoms with Crippen LogP contribution in [0.5, 0.6) is 0 Å². The van der Waals surface area contributed by atoms with Crippen molar-refractivity contribution in [1.82, 2.24) is 25.3 Å². The van der Waals surface area contributed by atoms with Crippen LogP contribution in [0.4, 0.5) is 11.6 Å². The van der Waals surface area contributed by atoms with Crippen molar-refractivity contribution in [2.75, 3.05) is 62.2 Å². The van der Waals surface area contributed by atoms with Gasteiger partial charge in [-0.2, -0.15) is 21.0 Å². The van der Waals surface area contributed by atoms with E-state index in [0.717, 1.165) is 29.1 Å². The number of benzene rings is 1. The first-order valence-electron chi connectivity index (χ1n) is 17.6. The number of nitrogens with one attached hydrogen (secondary N) is 1. The zero-order valence-corrected chi connectivity index (χ0v) is 31.6. The number of thioether (sulfide) groups is 2. The molecule has 3 N–H and O–H groups in total. The first-order valence-corrected chi connectivity index (χ1v) is 19.2. The van der Waals surface area contributed by atoms with Crippen LogP contribution in [0, 0.1) is 45.3 Å². The topological polar surface area (TPSA) is 212 Å². The minimum atomic E-state index is -1.69. The zero-order valence-electron chi connectivity index (χ0n) is 30.0. The fourth-order valence-corrected chi connectivity index (χ4v) is 9.54. The molecule has 1 atom stereocenters. The van der Waals surface area contributed by atoms with Crippen molar-refractivity contribution < 1.29 is 9.32 Å². The van der Waals surface area contributed by atoms with Crippen molar-refractivity contribution >= 4 is 41.1 Å². The summed E-state index contributed by atoms with van der Waals surface area (Å²) >= 11 is 2.02. The Labute approximate surface area is 322 Å². The van der Waals surface area contributed by atoms with Crippen LogP contribution < -0.4 is 20.9 Å². The van der Waals surface area contributed by atoms with Crippen LogP contribution in [0.15, 0.2) is 57.4 Å². The standard InChI is InChI=1S/C38H38N12O2S2/c1-3-27-29(18-39)33(49-12-10-44-11-13-49)46-35(31(27)20-41)53-38(37(43)51,26-8-6-5-7-9-26)54-36-32(21-42)28(4-2)30(19-40)34(47-36)50-16-14-48(15-17-50)23-25-22-45-52-24-25/h5-9,22,24,44H,3-4,10-17,23H2,1-2H3,(H2,43,51). The Kier molecular flexibility index (Phi) is 12.0. The number of aromatic nitrogens is 3. The number of piperazine rings is 2. The molecular formula is C38H38N12O2S2. The van der Waals surface area contributed by atoms with Gasteiger partial charge in [-0.05, 0) is 29.5 Å². The van der Waals surface area contributed by atoms with Gasteiger partial charge in [-0.3, -0.25) is 9.69 Å². The molecule has 3 aromatic heterocycles. The molecule has 6 rings (SSSR count). The van der Waals surface area contributed by atoms with Crippen molar-refractivity contribution in [3.8, 4) is 24.3 Å². The number of primary amides is 1. The molecule has 16 heteroatoms. The fourth-order valence-electron chi connectivity index (χ4n) is 6.84. The van der Waals surface area contributed by atoms with E-state index in [0.29, 0.717) is 111 Å². The van der Waals surface area contributed by atoms with Gasteiger partial charge in [0.05, 0.1) is 28.5 Å². The first-order chi connectivity index (χ1) is 26.3. The number of nitrogens with two attached hydrogens (primary N) is 1. The molecule has 274 valence electrons. The molecule has 0 saturated carbocycles. The number of anilines is 2. The van der Waals surface area contributed by atoms with Crippen molar-refractivity contribution in [3.05, 3.63) is 87.3 Å². The van der Waals surface area contributed by atoms with Crippen LogP contribution in [0.2, 0.25) is 0 Å². The van der Waals surface area contributed by atoms with E-state index < -0.39 is 9.99 Å². The number of pyridine rings is 2. The highest BCUT2D eigenvalue weighted by Gasteiger charge is 2.45. The Morgan fingerprint density at radius 3 is 1.78 bits per heavy atom. The number of carbonyl (C=O) groups excluding carboxylic acids is 1. The molecule has 5 heterocycles. The molecule has 1 aromatic carbocycles. The quantitative estimate of drug-likeness (QED) is 0.154. The van der Waals surface area contributed by atoms with Gasteiger partial charge in [-0.1, -0.05) is 72.9 Å². The molecule has 14 nitrogen and oxygen atoms in total. The second-order valence-electron chi connectivity index (χ2n) is 12.7. The number of nitriles is 4. The van der Waals surface area contributed by atoms with Crippen molar-refractivity contribution in [2.45, 2.75) is 47.4 Å². The number of rotatable bonds is 12. The molecule has 1 amide bonds. The smallest absolute Gasteiger partial charge is 0.249 e. The van der Waals surface area contributed by atoms with Gasteiger partial charge in [0.15, 0.2) is 4.08 Å². The van der Waals surface area contributed by atoms with Crippen LogP contribution in [-0.4, -0.2) is 78.3 Å². The maximum absolute atomic E-state index is 14.1. The minimum Gasteiger partial charge on any atom is -0.367 e. The Hall–Kier alpha value is -5.62. The highest BCUT2D eigenvalue weighted by Crippen LogP contribution is 2.54. The van der Waals surface area contributed by atoms with Gasteiger partial charge in [0.25, 0.3) is 0 Å². The monoisotopic (exact) mass is 758 g/mol. The summed E-state index contributed by atoms with van der Waals surface area (Å²) in [6.45, 7) is 9.53. The molecule has 2 aliphatic heterocycles. The lowest BCUT2D eigenvalue weighted by molar-refractivity contribution is -0.118. The van der Waals surface area contributed by atoms with Gasteiger partial charge in [-0.15, -0.1) is 0 Å². The number of hydrogen-bond donors (Lipinski definition) is 2.